The second kappa shape index (κ2) is 13.6. The largest absolute Gasteiger partial charge is 0.481 e. The van der Waals surface area contributed by atoms with Crippen LogP contribution in [0.4, 0.5) is 11.4 Å². The van der Waals surface area contributed by atoms with Crippen LogP contribution in [0.3, 0.4) is 0 Å². The zero-order valence-corrected chi connectivity index (χ0v) is 26.4. The molecule has 2 aromatic heterocycles. The molecule has 0 amide bonds. The van der Waals surface area contributed by atoms with Crippen molar-refractivity contribution in [1.29, 1.82) is 5.26 Å². The predicted octanol–water partition coefficient (Wildman–Crippen LogP) is 6.72. The fourth-order valence-electron chi connectivity index (χ4n) is 5.82. The molecule has 2 aliphatic rings. The van der Waals surface area contributed by atoms with Crippen molar-refractivity contribution in [2.75, 3.05) is 10.6 Å². The normalized spacial score (nSPS) is 16.2. The van der Waals surface area contributed by atoms with Crippen molar-refractivity contribution in [1.82, 2.24) is 30.9 Å². The Kier molecular flexibility index (Phi) is 8.39. The number of hydrogen-bond donors (Lipinski definition) is 5. The molecule has 0 saturated heterocycles. The molecule has 1 aliphatic carbocycles. The molecule has 1 fully saturated rings. The summed E-state index contributed by atoms with van der Waals surface area (Å²) >= 11 is 6.76. The molecule has 7 rings (SSSR count). The van der Waals surface area contributed by atoms with Crippen LogP contribution in [0.1, 0.15) is 55.8 Å². The van der Waals surface area contributed by atoms with Crippen molar-refractivity contribution in [2.45, 2.75) is 43.8 Å². The van der Waals surface area contributed by atoms with Crippen LogP contribution < -0.4 is 21.6 Å². The number of carboxylic acids is 1. The minimum Gasteiger partial charge on any atom is -0.481 e. The number of pyridine rings is 1. The van der Waals surface area contributed by atoms with Crippen molar-refractivity contribution >= 4 is 39.8 Å². The molecule has 1 saturated carbocycles. The van der Waals surface area contributed by atoms with Gasteiger partial charge in [0.25, 0.3) is 0 Å². The number of rotatable bonds is 12. The Bertz CT molecular complexity index is 2090. The first-order valence-corrected chi connectivity index (χ1v) is 15.9. The van der Waals surface area contributed by atoms with E-state index in [0.29, 0.717) is 55.7 Å². The van der Waals surface area contributed by atoms with Gasteiger partial charge < -0.3 is 21.2 Å². The number of carboxylic acid groups (broad SMARTS) is 1. The third-order valence-corrected chi connectivity index (χ3v) is 8.67. The van der Waals surface area contributed by atoms with Gasteiger partial charge in [0.2, 0.25) is 0 Å². The molecule has 5 N–H and O–H groups in total. The first kappa shape index (κ1) is 29.7. The first-order chi connectivity index (χ1) is 23.8. The van der Waals surface area contributed by atoms with Gasteiger partial charge in [-0.05, 0) is 48.6 Å². The van der Waals surface area contributed by atoms with Crippen LogP contribution >= 0.6 is 11.6 Å². The maximum Gasteiger partial charge on any atom is 0.303 e. The average Bonchev–Trinajstić information content (AvgIpc) is 3.85. The van der Waals surface area contributed by atoms with E-state index in [0.717, 1.165) is 18.4 Å². The summed E-state index contributed by atoms with van der Waals surface area (Å²) in [5, 5.41) is 29.8. The number of nitrogens with one attached hydrogen (secondary N) is 4. The maximum atomic E-state index is 11.7. The van der Waals surface area contributed by atoms with Gasteiger partial charge >= 0.3 is 5.97 Å². The Morgan fingerprint density at radius 1 is 1.10 bits per heavy atom. The number of benzene rings is 3. The molecular weight excluding hydrogens is 626 g/mol. The van der Waals surface area contributed by atoms with Crippen LogP contribution in [0.15, 0.2) is 104 Å². The third kappa shape index (κ3) is 6.57. The van der Waals surface area contributed by atoms with Gasteiger partial charge in [-0.3, -0.25) is 14.8 Å². The van der Waals surface area contributed by atoms with E-state index in [2.05, 4.69) is 37.6 Å². The summed E-state index contributed by atoms with van der Waals surface area (Å²) < 4.78 is 9.97. The van der Waals surface area contributed by atoms with Crippen molar-refractivity contribution in [3.8, 4) is 17.2 Å². The van der Waals surface area contributed by atoms with E-state index in [1.165, 1.54) is 12.5 Å². The smallest absolute Gasteiger partial charge is 0.303 e. The number of aliphatic carboxylic acids is 1. The quantitative estimate of drug-likeness (QED) is 0.0972. The molecule has 1 aliphatic heterocycles. The second-order valence-electron chi connectivity index (χ2n) is 11.6. The molecule has 5 aromatic rings. The Morgan fingerprint density at radius 3 is 2.60 bits per heavy atom. The summed E-state index contributed by atoms with van der Waals surface area (Å²) in [7, 11) is 0. The zero-order chi connectivity index (χ0) is 34.0. The topological polar surface area (TPSA) is 151 Å². The van der Waals surface area contributed by atoms with E-state index in [-0.39, 0.29) is 18.4 Å². The van der Waals surface area contributed by atoms with E-state index in [1.54, 1.807) is 18.5 Å². The number of halogens is 1. The summed E-state index contributed by atoms with van der Waals surface area (Å²) in [6.07, 6.45) is 10.5. The third-order valence-electron chi connectivity index (χ3n) is 8.34. The summed E-state index contributed by atoms with van der Waals surface area (Å²) in [5.41, 5.74) is 11.5. The molecule has 2 atom stereocenters. The van der Waals surface area contributed by atoms with E-state index < -0.39 is 18.0 Å². The minimum absolute atomic E-state index is 0.0793. The molecule has 48 heavy (non-hydrogen) atoms. The Balaban J connectivity index is 1.41. The molecular formula is C36H32ClN9O2. The molecule has 0 unspecified atom stereocenters. The van der Waals surface area contributed by atoms with Crippen molar-refractivity contribution < 1.29 is 11.3 Å². The Labute approximate surface area is 283 Å². The molecule has 0 bridgehead atoms. The van der Waals surface area contributed by atoms with E-state index in [4.69, 9.17) is 16.6 Å². The summed E-state index contributed by atoms with van der Waals surface area (Å²) in [6.45, 7) is 0. The van der Waals surface area contributed by atoms with Crippen molar-refractivity contribution in [3.63, 3.8) is 0 Å². The van der Waals surface area contributed by atoms with Crippen LogP contribution in [0, 0.1) is 11.3 Å². The monoisotopic (exact) mass is 658 g/mol. The summed E-state index contributed by atoms with van der Waals surface area (Å²) in [6, 6.07) is 21.1. The number of hydrogen-bond acceptors (Lipinski definition) is 10. The fraction of sp³-hybridized carbons (Fsp3) is 0.194. The highest BCUT2D eigenvalue weighted by atomic mass is 35.5. The molecule has 3 heterocycles. The van der Waals surface area contributed by atoms with Crippen molar-refractivity contribution in [3.05, 3.63) is 125 Å². The highest BCUT2D eigenvalue weighted by Gasteiger charge is 2.33. The van der Waals surface area contributed by atoms with Crippen LogP contribution in [0.2, 0.25) is 5.02 Å². The van der Waals surface area contributed by atoms with Crippen LogP contribution in [-0.2, 0) is 4.79 Å². The fourth-order valence-corrected chi connectivity index (χ4v) is 6.05. The van der Waals surface area contributed by atoms with Gasteiger partial charge in [-0.15, -0.1) is 5.53 Å². The number of nitriles is 1. The van der Waals surface area contributed by atoms with E-state index in [9.17, 15) is 16.5 Å². The number of carbonyl (C=O) groups is 1. The zero-order valence-electron chi connectivity index (χ0n) is 26.7. The first-order valence-electron chi connectivity index (χ1n) is 16.0. The number of aromatic nitrogens is 3. The van der Waals surface area contributed by atoms with Crippen molar-refractivity contribution in [2.24, 2.45) is 0 Å². The van der Waals surface area contributed by atoms with Crippen LogP contribution in [0.5, 0.6) is 0 Å². The average molecular weight is 659 g/mol. The van der Waals surface area contributed by atoms with Gasteiger partial charge in [0.15, 0.2) is 0 Å². The van der Waals surface area contributed by atoms with Gasteiger partial charge in [-0.2, -0.15) is 5.26 Å². The molecule has 240 valence electrons. The number of fused-ring (bicyclic) bond motifs is 1. The lowest BCUT2D eigenvalue weighted by Gasteiger charge is -2.25. The summed E-state index contributed by atoms with van der Waals surface area (Å²) in [4.78, 5) is 24.9. The molecule has 3 aromatic carbocycles. The maximum absolute atomic E-state index is 11.7. The highest BCUT2D eigenvalue weighted by Crippen LogP contribution is 2.40. The Morgan fingerprint density at radius 2 is 1.88 bits per heavy atom. The highest BCUT2D eigenvalue weighted by molar-refractivity contribution is 6.31. The SMILES string of the molecule is [2H][C@](Nc1cc(-c2cncnc2)c2ncc(C#N)c(N[C@H](CCC(=O)O)c3ccccc3)c2c1)(C1=CN(C2CC2)NN1)c1ccccc1Cl. The van der Waals surface area contributed by atoms with Gasteiger partial charge in [-0.1, -0.05) is 60.1 Å². The van der Waals surface area contributed by atoms with E-state index >= 15 is 0 Å². The van der Waals surface area contributed by atoms with Gasteiger partial charge in [-0.25, -0.2) is 9.97 Å². The standard InChI is InChI=1S/C36H32ClN9O2/c37-30-9-5-4-8-27(30)36(32-20-46(45-44-32)26-10-11-26)42-25-14-28(24-17-39-21-40-18-24)35-29(15-25)34(23(16-38)19-41-35)43-31(12-13-33(47)48)22-6-2-1-3-7-22/h1-9,14-15,17-21,26,31,36,42,44-45H,10-13H2,(H,41,43)(H,47,48)/t31-,36-/m1/s1/i36D. The minimum atomic E-state index is -1.59. The van der Waals surface area contributed by atoms with Crippen LogP contribution in [0.25, 0.3) is 22.0 Å². The molecule has 11 nitrogen and oxygen atoms in total. The number of nitrogens with zero attached hydrogens (tertiary/aromatic N) is 5. The molecule has 0 spiro atoms. The lowest BCUT2D eigenvalue weighted by molar-refractivity contribution is -0.137. The predicted molar refractivity (Wildman–Crippen MR) is 184 cm³/mol. The molecule has 0 radical (unpaired) electrons. The second-order valence-corrected chi connectivity index (χ2v) is 12.1. The van der Waals surface area contributed by atoms with Gasteiger partial charge in [0.05, 0.1) is 35.9 Å². The van der Waals surface area contributed by atoms with Gasteiger partial charge in [0, 0.05) is 64.5 Å². The number of hydrazine groups is 2. The van der Waals surface area contributed by atoms with Gasteiger partial charge in [0.1, 0.15) is 12.4 Å². The summed E-state index contributed by atoms with van der Waals surface area (Å²) in [5.74, 6) is -0.920. The lowest BCUT2D eigenvalue weighted by Crippen LogP contribution is -2.38. The molecule has 12 heteroatoms. The number of anilines is 2. The lowest BCUT2D eigenvalue weighted by atomic mass is 9.97. The van der Waals surface area contributed by atoms with Crippen LogP contribution in [-0.4, -0.2) is 37.1 Å². The van der Waals surface area contributed by atoms with E-state index in [1.807, 2.05) is 71.9 Å². The Hall–Kier alpha value is -5.70.